The summed E-state index contributed by atoms with van der Waals surface area (Å²) >= 11 is 0. The average molecular weight is 419 g/mol. The van der Waals surface area contributed by atoms with Gasteiger partial charge in [0.15, 0.2) is 16.9 Å². The van der Waals surface area contributed by atoms with Gasteiger partial charge < -0.3 is 18.8 Å². The number of ether oxygens (including phenoxy) is 2. The van der Waals surface area contributed by atoms with Gasteiger partial charge in [-0.05, 0) is 43.2 Å². The van der Waals surface area contributed by atoms with Crippen molar-refractivity contribution in [1.82, 2.24) is 4.90 Å². The molecule has 4 rings (SSSR count). The number of methoxy groups -OCH3 is 1. The second-order valence-corrected chi connectivity index (χ2v) is 7.58. The number of nitrogens with zero attached hydrogens (tertiary/aromatic N) is 1. The van der Waals surface area contributed by atoms with Crippen molar-refractivity contribution in [3.8, 4) is 11.5 Å². The van der Waals surface area contributed by atoms with Crippen molar-refractivity contribution in [2.45, 2.75) is 26.3 Å². The van der Waals surface area contributed by atoms with E-state index >= 15 is 0 Å². The number of benzene rings is 2. The standard InChI is InChI=1S/C25H25NO5/c1-5-11-26-22(16-8-10-19(30-12-6-2)20(14-16)29-4)21-23(27)17-13-15(3)7-9-18(17)31-24(21)25(26)28/h6-10,13-14,22H,2,5,11-12H2,1,3-4H3. The molecule has 0 aliphatic carbocycles. The van der Waals surface area contributed by atoms with E-state index < -0.39 is 6.04 Å². The fraction of sp³-hybridized carbons (Fsp3) is 0.280. The van der Waals surface area contributed by atoms with E-state index in [0.29, 0.717) is 41.2 Å². The Labute approximate surface area is 180 Å². The van der Waals surface area contributed by atoms with Crippen molar-refractivity contribution >= 4 is 16.9 Å². The minimum absolute atomic E-state index is 0.116. The Morgan fingerprint density at radius 1 is 1.16 bits per heavy atom. The van der Waals surface area contributed by atoms with Crippen LogP contribution >= 0.6 is 0 Å². The lowest BCUT2D eigenvalue weighted by molar-refractivity contribution is 0.0728. The minimum atomic E-state index is -0.550. The Morgan fingerprint density at radius 2 is 1.97 bits per heavy atom. The number of rotatable bonds is 7. The fourth-order valence-corrected chi connectivity index (χ4v) is 4.07. The molecule has 0 N–H and O–H groups in total. The van der Waals surface area contributed by atoms with Gasteiger partial charge in [-0.2, -0.15) is 0 Å². The molecule has 1 aromatic heterocycles. The summed E-state index contributed by atoms with van der Waals surface area (Å²) in [6.45, 7) is 8.42. The van der Waals surface area contributed by atoms with E-state index in [1.54, 1.807) is 36.3 Å². The zero-order valence-corrected chi connectivity index (χ0v) is 17.9. The van der Waals surface area contributed by atoms with Crippen LogP contribution in [0.5, 0.6) is 11.5 Å². The number of aryl methyl sites for hydroxylation is 1. The minimum Gasteiger partial charge on any atom is -0.493 e. The largest absolute Gasteiger partial charge is 0.493 e. The summed E-state index contributed by atoms with van der Waals surface area (Å²) in [5, 5.41) is 0.479. The lowest BCUT2D eigenvalue weighted by Gasteiger charge is -2.25. The highest BCUT2D eigenvalue weighted by Crippen LogP contribution is 2.41. The van der Waals surface area contributed by atoms with E-state index in [2.05, 4.69) is 6.58 Å². The maximum absolute atomic E-state index is 13.5. The third-order valence-corrected chi connectivity index (χ3v) is 5.45. The number of hydrogen-bond acceptors (Lipinski definition) is 5. The molecular weight excluding hydrogens is 394 g/mol. The summed E-state index contributed by atoms with van der Waals surface area (Å²) in [7, 11) is 1.56. The smallest absolute Gasteiger partial charge is 0.290 e. The monoisotopic (exact) mass is 419 g/mol. The molecule has 0 saturated carbocycles. The van der Waals surface area contributed by atoms with Crippen LogP contribution in [-0.4, -0.2) is 31.1 Å². The first kappa shape index (κ1) is 20.7. The summed E-state index contributed by atoms with van der Waals surface area (Å²) in [5.41, 5.74) is 2.34. The van der Waals surface area contributed by atoms with Crippen LogP contribution in [0.15, 0.2) is 58.3 Å². The van der Waals surface area contributed by atoms with Gasteiger partial charge in [-0.1, -0.05) is 37.3 Å². The van der Waals surface area contributed by atoms with Crippen molar-refractivity contribution in [3.63, 3.8) is 0 Å². The van der Waals surface area contributed by atoms with Gasteiger partial charge >= 0.3 is 0 Å². The summed E-state index contributed by atoms with van der Waals surface area (Å²) in [6.07, 6.45) is 2.40. The first-order valence-electron chi connectivity index (χ1n) is 10.3. The highest BCUT2D eigenvalue weighted by molar-refractivity contribution is 5.99. The Kier molecular flexibility index (Phi) is 5.55. The van der Waals surface area contributed by atoms with Gasteiger partial charge in [0.05, 0.1) is 24.1 Å². The van der Waals surface area contributed by atoms with Crippen LogP contribution in [0.25, 0.3) is 11.0 Å². The molecule has 1 unspecified atom stereocenters. The van der Waals surface area contributed by atoms with Crippen LogP contribution in [0.1, 0.15) is 46.6 Å². The van der Waals surface area contributed by atoms with Crippen molar-refractivity contribution in [3.05, 3.63) is 81.7 Å². The van der Waals surface area contributed by atoms with Crippen LogP contribution < -0.4 is 14.9 Å². The highest BCUT2D eigenvalue weighted by atomic mass is 16.5. The van der Waals surface area contributed by atoms with Gasteiger partial charge in [-0.25, -0.2) is 0 Å². The van der Waals surface area contributed by atoms with E-state index in [4.69, 9.17) is 13.9 Å². The normalized spacial score (nSPS) is 15.3. The molecule has 160 valence electrons. The predicted molar refractivity (Wildman–Crippen MR) is 119 cm³/mol. The number of fused-ring (bicyclic) bond motifs is 2. The van der Waals surface area contributed by atoms with Gasteiger partial charge in [-0.15, -0.1) is 0 Å². The molecule has 0 bridgehead atoms. The molecule has 6 nitrogen and oxygen atoms in total. The molecule has 2 heterocycles. The van der Waals surface area contributed by atoms with Crippen molar-refractivity contribution in [2.75, 3.05) is 20.3 Å². The average Bonchev–Trinajstić information content (AvgIpc) is 3.05. The maximum Gasteiger partial charge on any atom is 0.290 e. The molecule has 1 amide bonds. The fourth-order valence-electron chi connectivity index (χ4n) is 4.07. The van der Waals surface area contributed by atoms with E-state index in [0.717, 1.165) is 17.5 Å². The second-order valence-electron chi connectivity index (χ2n) is 7.58. The van der Waals surface area contributed by atoms with Gasteiger partial charge in [0.1, 0.15) is 12.2 Å². The lowest BCUT2D eigenvalue weighted by atomic mass is 9.97. The van der Waals surface area contributed by atoms with E-state index in [-0.39, 0.29) is 17.1 Å². The molecule has 0 saturated heterocycles. The number of hydrogen-bond donors (Lipinski definition) is 0. The van der Waals surface area contributed by atoms with Crippen LogP contribution in [0.3, 0.4) is 0 Å². The summed E-state index contributed by atoms with van der Waals surface area (Å²) in [5.74, 6) is 0.940. The van der Waals surface area contributed by atoms with Crippen LogP contribution in [0.2, 0.25) is 0 Å². The van der Waals surface area contributed by atoms with Gasteiger partial charge in [0.25, 0.3) is 5.91 Å². The Balaban J connectivity index is 1.92. The molecule has 6 heteroatoms. The first-order valence-corrected chi connectivity index (χ1v) is 10.3. The number of carbonyl (C=O) groups excluding carboxylic acids is 1. The molecular formula is C25H25NO5. The Morgan fingerprint density at radius 3 is 2.68 bits per heavy atom. The summed E-state index contributed by atoms with van der Waals surface area (Å²) in [6, 6.07) is 10.3. The van der Waals surface area contributed by atoms with Gasteiger partial charge in [0.2, 0.25) is 5.76 Å². The quantitative estimate of drug-likeness (QED) is 0.522. The summed E-state index contributed by atoms with van der Waals surface area (Å²) in [4.78, 5) is 28.4. The molecule has 1 aliphatic heterocycles. The predicted octanol–water partition coefficient (Wildman–Crippen LogP) is 4.63. The zero-order chi connectivity index (χ0) is 22.1. The van der Waals surface area contributed by atoms with E-state index in [9.17, 15) is 9.59 Å². The van der Waals surface area contributed by atoms with Crippen molar-refractivity contribution < 1.29 is 18.7 Å². The van der Waals surface area contributed by atoms with Crippen LogP contribution in [-0.2, 0) is 0 Å². The Bertz CT molecular complexity index is 1230. The van der Waals surface area contributed by atoms with Crippen LogP contribution in [0.4, 0.5) is 0 Å². The first-order chi connectivity index (χ1) is 15.0. The SMILES string of the molecule is C=CCOc1ccc(C2c3c(oc4ccc(C)cc4c3=O)C(=O)N2CCC)cc1OC. The Hall–Kier alpha value is -3.54. The van der Waals surface area contributed by atoms with Gasteiger partial charge in [-0.3, -0.25) is 9.59 Å². The van der Waals surface area contributed by atoms with Gasteiger partial charge in [0, 0.05) is 6.54 Å². The summed E-state index contributed by atoms with van der Waals surface area (Å²) < 4.78 is 17.1. The third-order valence-electron chi connectivity index (χ3n) is 5.45. The molecule has 1 atom stereocenters. The molecule has 3 aromatic rings. The van der Waals surface area contributed by atoms with Crippen LogP contribution in [0, 0.1) is 6.92 Å². The lowest BCUT2D eigenvalue weighted by Crippen LogP contribution is -2.30. The molecule has 0 radical (unpaired) electrons. The maximum atomic E-state index is 13.5. The van der Waals surface area contributed by atoms with E-state index in [1.165, 1.54) is 0 Å². The number of amides is 1. The topological polar surface area (TPSA) is 69.0 Å². The van der Waals surface area contributed by atoms with Crippen molar-refractivity contribution in [1.29, 1.82) is 0 Å². The van der Waals surface area contributed by atoms with E-state index in [1.807, 2.05) is 32.0 Å². The highest BCUT2D eigenvalue weighted by Gasteiger charge is 2.42. The molecule has 0 fully saturated rings. The molecule has 1 aliphatic rings. The molecule has 2 aromatic carbocycles. The van der Waals surface area contributed by atoms with Crippen molar-refractivity contribution in [2.24, 2.45) is 0 Å². The second kappa shape index (κ2) is 8.30. The third kappa shape index (κ3) is 3.48. The zero-order valence-electron chi connectivity index (χ0n) is 17.9. The molecule has 0 spiro atoms. The number of carbonyl (C=O) groups is 1. The molecule has 31 heavy (non-hydrogen) atoms.